The average molecular weight is 575 g/mol. The number of nitrogens with one attached hydrogen (secondary N) is 1. The van der Waals surface area contributed by atoms with E-state index in [2.05, 4.69) is 20.3 Å². The SMILES string of the molecule is Cn1c(-c2ccncc2F)nc2c(N3CCCC3CN)c(NC(=O)c3ccnn(-c4c(F)cccc4F)c3=O)ccc21. The van der Waals surface area contributed by atoms with Crippen molar-refractivity contribution >= 4 is 28.3 Å². The van der Waals surface area contributed by atoms with Crippen LogP contribution in [0.2, 0.25) is 0 Å². The van der Waals surface area contributed by atoms with Crippen molar-refractivity contribution < 1.29 is 18.0 Å². The number of aromatic nitrogens is 5. The lowest BCUT2D eigenvalue weighted by Gasteiger charge is -2.28. The number of hydrogen-bond acceptors (Lipinski definition) is 7. The Morgan fingerprint density at radius 3 is 2.57 bits per heavy atom. The topological polar surface area (TPSA) is 124 Å². The van der Waals surface area contributed by atoms with E-state index in [0.29, 0.717) is 46.0 Å². The first-order valence-electron chi connectivity index (χ1n) is 13.2. The van der Waals surface area contributed by atoms with E-state index in [1.165, 1.54) is 18.3 Å². The van der Waals surface area contributed by atoms with Crippen LogP contribution in [0.3, 0.4) is 0 Å². The van der Waals surface area contributed by atoms with Gasteiger partial charge in [-0.1, -0.05) is 6.07 Å². The van der Waals surface area contributed by atoms with Gasteiger partial charge < -0.3 is 20.5 Å². The number of hydrogen-bond donors (Lipinski definition) is 2. The molecule has 5 aromatic rings. The Labute approximate surface area is 237 Å². The summed E-state index contributed by atoms with van der Waals surface area (Å²) in [6.45, 7) is 0.986. The molecular formula is C29H25F3N8O2. The second-order valence-corrected chi connectivity index (χ2v) is 9.89. The van der Waals surface area contributed by atoms with E-state index in [-0.39, 0.29) is 17.2 Å². The molecule has 214 valence electrons. The third-order valence-electron chi connectivity index (χ3n) is 7.46. The molecule has 0 spiro atoms. The van der Waals surface area contributed by atoms with Gasteiger partial charge in [-0.25, -0.2) is 18.2 Å². The van der Waals surface area contributed by atoms with Crippen LogP contribution in [0.15, 0.2) is 65.8 Å². The zero-order chi connectivity index (χ0) is 29.5. The number of benzene rings is 2. The number of rotatable bonds is 6. The summed E-state index contributed by atoms with van der Waals surface area (Å²) in [4.78, 5) is 37.4. The van der Waals surface area contributed by atoms with Gasteiger partial charge in [-0.05, 0) is 49.2 Å². The normalized spacial score (nSPS) is 15.0. The van der Waals surface area contributed by atoms with Crippen LogP contribution in [0.4, 0.5) is 24.5 Å². The second kappa shape index (κ2) is 10.7. The molecular weight excluding hydrogens is 549 g/mol. The number of anilines is 2. The van der Waals surface area contributed by atoms with E-state index >= 15 is 0 Å². The first-order chi connectivity index (χ1) is 20.3. The first kappa shape index (κ1) is 27.1. The number of nitrogens with zero attached hydrogens (tertiary/aromatic N) is 6. The maximum absolute atomic E-state index is 14.7. The van der Waals surface area contributed by atoms with Crippen LogP contribution in [-0.4, -0.2) is 49.4 Å². The van der Waals surface area contributed by atoms with Crippen molar-refractivity contribution in [1.29, 1.82) is 0 Å². The molecule has 1 amide bonds. The van der Waals surface area contributed by atoms with E-state index in [9.17, 15) is 22.8 Å². The van der Waals surface area contributed by atoms with Gasteiger partial charge in [-0.15, -0.1) is 0 Å². The molecule has 0 bridgehead atoms. The average Bonchev–Trinajstić information content (AvgIpc) is 3.58. The van der Waals surface area contributed by atoms with Crippen molar-refractivity contribution in [2.24, 2.45) is 12.8 Å². The highest BCUT2D eigenvalue weighted by molar-refractivity contribution is 6.09. The molecule has 1 aliphatic heterocycles. The molecule has 1 unspecified atom stereocenters. The molecule has 6 rings (SSSR count). The maximum Gasteiger partial charge on any atom is 0.284 e. The molecule has 1 fully saturated rings. The van der Waals surface area contributed by atoms with Gasteiger partial charge in [0, 0.05) is 38.6 Å². The second-order valence-electron chi connectivity index (χ2n) is 9.89. The fourth-order valence-electron chi connectivity index (χ4n) is 5.43. The van der Waals surface area contributed by atoms with Crippen LogP contribution in [0.5, 0.6) is 0 Å². The number of carbonyl (C=O) groups is 1. The Hall–Kier alpha value is -5.04. The number of pyridine rings is 1. The molecule has 4 heterocycles. The Morgan fingerprint density at radius 2 is 1.83 bits per heavy atom. The Morgan fingerprint density at radius 1 is 1.05 bits per heavy atom. The largest absolute Gasteiger partial charge is 0.364 e. The Bertz CT molecular complexity index is 1880. The summed E-state index contributed by atoms with van der Waals surface area (Å²) >= 11 is 0. The smallest absolute Gasteiger partial charge is 0.284 e. The molecule has 42 heavy (non-hydrogen) atoms. The van der Waals surface area contributed by atoms with E-state index in [1.807, 2.05) is 0 Å². The van der Waals surface area contributed by atoms with Gasteiger partial charge in [0.2, 0.25) is 0 Å². The number of fused-ring (bicyclic) bond motifs is 1. The summed E-state index contributed by atoms with van der Waals surface area (Å²) in [5, 5.41) is 6.57. The fraction of sp³-hybridized carbons (Fsp3) is 0.207. The molecule has 1 aliphatic rings. The highest BCUT2D eigenvalue weighted by Gasteiger charge is 2.30. The molecule has 0 radical (unpaired) electrons. The number of aryl methyl sites for hydroxylation is 1. The molecule has 1 saturated heterocycles. The predicted octanol–water partition coefficient (Wildman–Crippen LogP) is 3.78. The van der Waals surface area contributed by atoms with Crippen molar-refractivity contribution in [2.75, 3.05) is 23.3 Å². The molecule has 13 heteroatoms. The van der Waals surface area contributed by atoms with Crippen molar-refractivity contribution in [3.05, 3.63) is 94.4 Å². The minimum Gasteiger partial charge on any atom is -0.364 e. The predicted molar refractivity (Wildman–Crippen MR) is 151 cm³/mol. The van der Waals surface area contributed by atoms with Crippen LogP contribution in [0, 0.1) is 17.5 Å². The lowest BCUT2D eigenvalue weighted by molar-refractivity contribution is 0.102. The third kappa shape index (κ3) is 4.47. The summed E-state index contributed by atoms with van der Waals surface area (Å²) in [6.07, 6.45) is 5.38. The van der Waals surface area contributed by atoms with E-state index in [0.717, 1.165) is 43.4 Å². The van der Waals surface area contributed by atoms with Crippen LogP contribution >= 0.6 is 0 Å². The standard InChI is InChI=1S/C29H25F3N8O2/c1-38-23-8-7-22(36-28(41)18-10-12-35-40(29(18)42)25-19(30)5-2-6-20(25)31)26(39-13-3-4-16(39)14-33)24(23)37-27(38)17-9-11-34-15-21(17)32/h2,5-12,15-16H,3-4,13-14,33H2,1H3,(H,36,41). The molecule has 10 nitrogen and oxygen atoms in total. The fourth-order valence-corrected chi connectivity index (χ4v) is 5.43. The van der Waals surface area contributed by atoms with Gasteiger partial charge >= 0.3 is 0 Å². The highest BCUT2D eigenvalue weighted by Crippen LogP contribution is 2.40. The molecule has 0 aliphatic carbocycles. The van der Waals surface area contributed by atoms with Gasteiger partial charge in [0.25, 0.3) is 11.5 Å². The van der Waals surface area contributed by atoms with Gasteiger partial charge in [-0.2, -0.15) is 9.78 Å². The van der Waals surface area contributed by atoms with Crippen LogP contribution in [-0.2, 0) is 7.05 Å². The Balaban J connectivity index is 1.47. The summed E-state index contributed by atoms with van der Waals surface area (Å²) in [6, 6.07) is 9.21. The van der Waals surface area contributed by atoms with Crippen molar-refractivity contribution in [2.45, 2.75) is 18.9 Å². The molecule has 2 aromatic carbocycles. The van der Waals surface area contributed by atoms with Gasteiger partial charge in [0.05, 0.1) is 28.7 Å². The summed E-state index contributed by atoms with van der Waals surface area (Å²) in [5.74, 6) is -3.00. The van der Waals surface area contributed by atoms with E-state index < -0.39 is 34.6 Å². The van der Waals surface area contributed by atoms with Crippen LogP contribution < -0.4 is 21.5 Å². The summed E-state index contributed by atoms with van der Waals surface area (Å²) in [5.41, 5.74) is 6.37. The van der Waals surface area contributed by atoms with Crippen molar-refractivity contribution in [3.8, 4) is 17.1 Å². The summed E-state index contributed by atoms with van der Waals surface area (Å²) in [7, 11) is 1.76. The number of nitrogens with two attached hydrogens (primary N) is 1. The first-order valence-corrected chi connectivity index (χ1v) is 13.2. The number of halogens is 3. The lowest BCUT2D eigenvalue weighted by atomic mass is 10.1. The number of para-hydroxylation sites is 1. The zero-order valence-electron chi connectivity index (χ0n) is 22.4. The Kier molecular flexibility index (Phi) is 6.94. The molecule has 1 atom stereocenters. The minimum atomic E-state index is -1.01. The van der Waals surface area contributed by atoms with Crippen molar-refractivity contribution in [1.82, 2.24) is 24.3 Å². The third-order valence-corrected chi connectivity index (χ3v) is 7.46. The van der Waals surface area contributed by atoms with E-state index in [1.54, 1.807) is 23.7 Å². The van der Waals surface area contributed by atoms with Crippen LogP contribution in [0.25, 0.3) is 28.1 Å². The van der Waals surface area contributed by atoms with Gasteiger partial charge in [0.1, 0.15) is 22.6 Å². The quantitative estimate of drug-likeness (QED) is 0.316. The summed E-state index contributed by atoms with van der Waals surface area (Å²) < 4.78 is 45.8. The molecule has 3 aromatic heterocycles. The number of imidazole rings is 1. The number of carbonyl (C=O) groups excluding carboxylic acids is 1. The highest BCUT2D eigenvalue weighted by atomic mass is 19.1. The molecule has 3 N–H and O–H groups in total. The van der Waals surface area contributed by atoms with Gasteiger partial charge in [0.15, 0.2) is 17.5 Å². The molecule has 0 saturated carbocycles. The minimum absolute atomic E-state index is 0.0449. The van der Waals surface area contributed by atoms with Crippen molar-refractivity contribution in [3.63, 3.8) is 0 Å². The van der Waals surface area contributed by atoms with Crippen LogP contribution in [0.1, 0.15) is 23.2 Å². The lowest BCUT2D eigenvalue weighted by Crippen LogP contribution is -2.36. The monoisotopic (exact) mass is 574 g/mol. The maximum atomic E-state index is 14.7. The number of amides is 1. The zero-order valence-corrected chi connectivity index (χ0v) is 22.4. The van der Waals surface area contributed by atoms with Gasteiger partial charge in [-0.3, -0.25) is 14.6 Å². The van der Waals surface area contributed by atoms with E-state index in [4.69, 9.17) is 10.7 Å².